The van der Waals surface area contributed by atoms with Crippen LogP contribution in [0.25, 0.3) is 0 Å². The molecule has 2 aliphatic heterocycles. The summed E-state index contributed by atoms with van der Waals surface area (Å²) in [5, 5.41) is 1.41. The number of amides is 1. The van der Waals surface area contributed by atoms with Crippen LogP contribution in [0, 0.1) is 0 Å². The molecule has 1 saturated carbocycles. The fourth-order valence-electron chi connectivity index (χ4n) is 3.58. The van der Waals surface area contributed by atoms with Gasteiger partial charge in [0.2, 0.25) is 5.91 Å². The SMILES string of the molecule is O=C(CN1CCC(Cl)=C(Cl)C1)N1CCO[C@H]2CCCC[C@H]21. The lowest BCUT2D eigenvalue weighted by Crippen LogP contribution is -2.57. The number of hydrogen-bond acceptors (Lipinski definition) is 3. The molecule has 2 atom stereocenters. The summed E-state index contributed by atoms with van der Waals surface area (Å²) in [6, 6.07) is 0.277. The Bertz CT molecular complexity index is 439. The van der Waals surface area contributed by atoms with Crippen LogP contribution in [0.15, 0.2) is 10.1 Å². The number of nitrogens with zero attached hydrogens (tertiary/aromatic N) is 2. The van der Waals surface area contributed by atoms with E-state index in [4.69, 9.17) is 27.9 Å². The number of carbonyl (C=O) groups is 1. The third-order valence-electron chi connectivity index (χ3n) is 4.72. The van der Waals surface area contributed by atoms with Gasteiger partial charge in [0.25, 0.3) is 0 Å². The second-order valence-corrected chi connectivity index (χ2v) is 7.03. The summed E-state index contributed by atoms with van der Waals surface area (Å²) in [5.41, 5.74) is 0. The van der Waals surface area contributed by atoms with Crippen molar-refractivity contribution in [3.05, 3.63) is 10.1 Å². The molecule has 1 aliphatic carbocycles. The maximum Gasteiger partial charge on any atom is 0.237 e. The minimum absolute atomic E-state index is 0.206. The number of carbonyl (C=O) groups excluding carboxylic acids is 1. The normalized spacial score (nSPS) is 31.2. The third-order valence-corrected chi connectivity index (χ3v) is 5.58. The number of morpholine rings is 1. The molecule has 3 aliphatic rings. The van der Waals surface area contributed by atoms with Crippen LogP contribution in [0.2, 0.25) is 0 Å². The molecule has 2 heterocycles. The third kappa shape index (κ3) is 3.55. The Morgan fingerprint density at radius 2 is 2.00 bits per heavy atom. The van der Waals surface area contributed by atoms with Gasteiger partial charge in [-0.1, -0.05) is 36.0 Å². The molecule has 118 valence electrons. The van der Waals surface area contributed by atoms with Crippen LogP contribution in [0.4, 0.5) is 0 Å². The monoisotopic (exact) mass is 332 g/mol. The highest BCUT2D eigenvalue weighted by Crippen LogP contribution is 2.29. The summed E-state index contributed by atoms with van der Waals surface area (Å²) in [4.78, 5) is 16.8. The molecular formula is C15H22Cl2N2O2. The van der Waals surface area contributed by atoms with Gasteiger partial charge in [-0.3, -0.25) is 9.69 Å². The van der Waals surface area contributed by atoms with Crippen LogP contribution in [0.5, 0.6) is 0 Å². The highest BCUT2D eigenvalue weighted by atomic mass is 35.5. The van der Waals surface area contributed by atoms with E-state index < -0.39 is 0 Å². The van der Waals surface area contributed by atoms with E-state index in [1.165, 1.54) is 12.8 Å². The molecule has 1 amide bonds. The van der Waals surface area contributed by atoms with Crippen LogP contribution in [0.3, 0.4) is 0 Å². The Labute approximate surface area is 136 Å². The molecule has 0 unspecified atom stereocenters. The van der Waals surface area contributed by atoms with Crippen molar-refractivity contribution >= 4 is 29.1 Å². The summed E-state index contributed by atoms with van der Waals surface area (Å²) in [5.74, 6) is 0.206. The van der Waals surface area contributed by atoms with Crippen molar-refractivity contribution in [2.24, 2.45) is 0 Å². The molecular weight excluding hydrogens is 311 g/mol. The standard InChI is InChI=1S/C15H22Cl2N2O2/c16-11-5-6-18(9-12(11)17)10-15(20)19-7-8-21-14-4-2-1-3-13(14)19/h13-14H,1-10H2/t13-,14+/m1/s1. The van der Waals surface area contributed by atoms with Crippen LogP contribution in [0.1, 0.15) is 32.1 Å². The van der Waals surface area contributed by atoms with Gasteiger partial charge in [-0.15, -0.1) is 0 Å². The smallest absolute Gasteiger partial charge is 0.237 e. The van der Waals surface area contributed by atoms with Crippen molar-refractivity contribution in [2.45, 2.75) is 44.2 Å². The first kappa shape index (κ1) is 15.6. The first-order chi connectivity index (χ1) is 10.1. The van der Waals surface area contributed by atoms with E-state index in [0.29, 0.717) is 24.7 Å². The second-order valence-electron chi connectivity index (χ2n) is 6.12. The average molecular weight is 333 g/mol. The Balaban J connectivity index is 1.59. The number of halogens is 2. The van der Waals surface area contributed by atoms with Crippen molar-refractivity contribution in [2.75, 3.05) is 32.8 Å². The number of fused-ring (bicyclic) bond motifs is 1. The van der Waals surface area contributed by atoms with Gasteiger partial charge in [-0.2, -0.15) is 0 Å². The van der Waals surface area contributed by atoms with E-state index in [-0.39, 0.29) is 18.1 Å². The van der Waals surface area contributed by atoms with E-state index in [1.807, 2.05) is 4.90 Å². The van der Waals surface area contributed by atoms with Gasteiger partial charge in [0, 0.05) is 29.7 Å². The summed E-state index contributed by atoms with van der Waals surface area (Å²) in [7, 11) is 0. The highest BCUT2D eigenvalue weighted by Gasteiger charge is 2.37. The molecule has 0 aromatic heterocycles. The Morgan fingerprint density at radius 3 is 2.81 bits per heavy atom. The first-order valence-corrected chi connectivity index (χ1v) is 8.57. The van der Waals surface area contributed by atoms with Gasteiger partial charge in [-0.05, 0) is 19.3 Å². The summed E-state index contributed by atoms with van der Waals surface area (Å²) < 4.78 is 5.83. The summed E-state index contributed by atoms with van der Waals surface area (Å²) >= 11 is 12.1. The fraction of sp³-hybridized carbons (Fsp3) is 0.800. The van der Waals surface area contributed by atoms with Gasteiger partial charge in [0.05, 0.1) is 25.3 Å². The summed E-state index contributed by atoms with van der Waals surface area (Å²) in [6.07, 6.45) is 5.56. The molecule has 0 spiro atoms. The van der Waals surface area contributed by atoms with Crippen molar-refractivity contribution in [1.29, 1.82) is 0 Å². The lowest BCUT2D eigenvalue weighted by molar-refractivity contribution is -0.150. The minimum atomic E-state index is 0.206. The first-order valence-electron chi connectivity index (χ1n) is 7.81. The molecule has 0 bridgehead atoms. The molecule has 0 radical (unpaired) electrons. The topological polar surface area (TPSA) is 32.8 Å². The van der Waals surface area contributed by atoms with Gasteiger partial charge < -0.3 is 9.64 Å². The molecule has 0 aromatic carbocycles. The van der Waals surface area contributed by atoms with E-state index >= 15 is 0 Å². The fourth-order valence-corrected chi connectivity index (χ4v) is 3.98. The van der Waals surface area contributed by atoms with Crippen molar-refractivity contribution in [1.82, 2.24) is 9.80 Å². The maximum atomic E-state index is 12.6. The van der Waals surface area contributed by atoms with E-state index in [2.05, 4.69) is 4.90 Å². The molecule has 3 rings (SSSR count). The number of hydrogen-bond donors (Lipinski definition) is 0. The van der Waals surface area contributed by atoms with Crippen LogP contribution in [-0.2, 0) is 9.53 Å². The Hall–Kier alpha value is -0.290. The predicted octanol–water partition coefficient (Wildman–Crippen LogP) is 2.55. The number of ether oxygens (including phenoxy) is 1. The van der Waals surface area contributed by atoms with E-state index in [0.717, 1.165) is 37.4 Å². The van der Waals surface area contributed by atoms with Crippen LogP contribution >= 0.6 is 23.2 Å². The Morgan fingerprint density at radius 1 is 1.19 bits per heavy atom. The zero-order chi connectivity index (χ0) is 14.8. The number of rotatable bonds is 2. The van der Waals surface area contributed by atoms with Gasteiger partial charge >= 0.3 is 0 Å². The van der Waals surface area contributed by atoms with Crippen molar-refractivity contribution in [3.63, 3.8) is 0 Å². The quantitative estimate of drug-likeness (QED) is 0.779. The van der Waals surface area contributed by atoms with E-state index in [9.17, 15) is 4.79 Å². The van der Waals surface area contributed by atoms with E-state index in [1.54, 1.807) is 0 Å². The largest absolute Gasteiger partial charge is 0.374 e. The van der Waals surface area contributed by atoms with Crippen LogP contribution < -0.4 is 0 Å². The molecule has 6 heteroatoms. The molecule has 0 aromatic rings. The molecule has 1 saturated heterocycles. The maximum absolute atomic E-state index is 12.6. The highest BCUT2D eigenvalue weighted by molar-refractivity contribution is 6.39. The minimum Gasteiger partial charge on any atom is -0.374 e. The molecule has 4 nitrogen and oxygen atoms in total. The van der Waals surface area contributed by atoms with Gasteiger partial charge in [-0.25, -0.2) is 0 Å². The zero-order valence-corrected chi connectivity index (χ0v) is 13.7. The predicted molar refractivity (Wildman–Crippen MR) is 83.5 cm³/mol. The molecule has 0 N–H and O–H groups in total. The van der Waals surface area contributed by atoms with Gasteiger partial charge in [0.1, 0.15) is 0 Å². The molecule has 21 heavy (non-hydrogen) atoms. The van der Waals surface area contributed by atoms with Crippen LogP contribution in [-0.4, -0.2) is 60.6 Å². The lowest BCUT2D eigenvalue weighted by atomic mass is 9.90. The lowest BCUT2D eigenvalue weighted by Gasteiger charge is -2.44. The average Bonchev–Trinajstić information content (AvgIpc) is 2.50. The van der Waals surface area contributed by atoms with Crippen molar-refractivity contribution < 1.29 is 9.53 Å². The molecule has 2 fully saturated rings. The summed E-state index contributed by atoms with van der Waals surface area (Å²) in [6.45, 7) is 3.21. The Kier molecular flexibility index (Phi) is 5.10. The second kappa shape index (κ2) is 6.86. The van der Waals surface area contributed by atoms with Crippen molar-refractivity contribution in [3.8, 4) is 0 Å². The van der Waals surface area contributed by atoms with Gasteiger partial charge in [0.15, 0.2) is 0 Å². The zero-order valence-electron chi connectivity index (χ0n) is 12.2.